The highest BCUT2D eigenvalue weighted by Gasteiger charge is 2.13. The van der Waals surface area contributed by atoms with Crippen LogP contribution in [0, 0.1) is 13.8 Å². The molecular formula is C26H29N8+. The van der Waals surface area contributed by atoms with Crippen LogP contribution in [0.4, 0.5) is 11.6 Å². The van der Waals surface area contributed by atoms with Gasteiger partial charge >= 0.3 is 0 Å². The molecule has 0 saturated heterocycles. The zero-order valence-electron chi connectivity index (χ0n) is 20.1. The summed E-state index contributed by atoms with van der Waals surface area (Å²) in [5.74, 6) is 1.68. The molecule has 34 heavy (non-hydrogen) atoms. The molecule has 0 fully saturated rings. The van der Waals surface area contributed by atoms with Crippen molar-refractivity contribution >= 4 is 40.2 Å². The van der Waals surface area contributed by atoms with Gasteiger partial charge in [0.25, 0.3) is 0 Å². The standard InChI is InChI=1S/C26H28N8/c1-15(2)19-11-25(34-30-13-19)33-24-7-6-22-23(32-24)10-20(12-29-22)21(14-28-5)26(27)18-8-16(3)31-17(4)9-18/h6-15H,27H2,1-5H3,(H,32,33,34)/p+1. The number of aryl methyl sites for hydroxylation is 2. The second kappa shape index (κ2) is 9.74. The summed E-state index contributed by atoms with van der Waals surface area (Å²) in [6, 6.07) is 11.7. The van der Waals surface area contributed by atoms with Crippen molar-refractivity contribution in [3.05, 3.63) is 76.9 Å². The van der Waals surface area contributed by atoms with Crippen LogP contribution in [0.25, 0.3) is 22.3 Å². The number of pyridine rings is 3. The van der Waals surface area contributed by atoms with Crippen LogP contribution in [0.1, 0.15) is 47.8 Å². The quantitative estimate of drug-likeness (QED) is 0.384. The summed E-state index contributed by atoms with van der Waals surface area (Å²) in [5, 5.41) is 11.5. The van der Waals surface area contributed by atoms with Gasteiger partial charge < -0.3 is 11.1 Å². The number of nitrogens with one attached hydrogen (secondary N) is 2. The number of fused-ring (bicyclic) bond motifs is 1. The molecule has 4 aromatic rings. The molecule has 0 bridgehead atoms. The predicted molar refractivity (Wildman–Crippen MR) is 137 cm³/mol. The van der Waals surface area contributed by atoms with Crippen molar-refractivity contribution < 1.29 is 4.99 Å². The third kappa shape index (κ3) is 5.06. The fraction of sp³-hybridized carbons (Fsp3) is 0.231. The predicted octanol–water partition coefficient (Wildman–Crippen LogP) is 2.91. The molecule has 0 radical (unpaired) electrons. The topological polar surface area (TPSA) is 116 Å². The third-order valence-corrected chi connectivity index (χ3v) is 5.42. The van der Waals surface area contributed by atoms with E-state index in [4.69, 9.17) is 10.7 Å². The van der Waals surface area contributed by atoms with E-state index in [1.807, 2.05) is 69.7 Å². The van der Waals surface area contributed by atoms with Gasteiger partial charge in [0.05, 0.1) is 28.5 Å². The Morgan fingerprint density at radius 1 is 0.941 bits per heavy atom. The molecule has 172 valence electrons. The number of aromatic nitrogens is 5. The number of anilines is 2. The molecule has 0 aliphatic carbocycles. The highest BCUT2D eigenvalue weighted by Crippen LogP contribution is 2.25. The van der Waals surface area contributed by atoms with Crippen LogP contribution in [0.15, 0.2) is 48.8 Å². The molecule has 0 atom stereocenters. The lowest BCUT2D eigenvalue weighted by atomic mass is 10.0. The maximum absolute atomic E-state index is 6.61. The minimum atomic E-state index is 0.361. The molecule has 4 N–H and O–H groups in total. The average molecular weight is 454 g/mol. The van der Waals surface area contributed by atoms with Gasteiger partial charge in [-0.2, -0.15) is 5.10 Å². The van der Waals surface area contributed by atoms with Crippen molar-refractivity contribution in [1.29, 1.82) is 0 Å². The van der Waals surface area contributed by atoms with Crippen LogP contribution in [0.3, 0.4) is 0 Å². The Balaban J connectivity index is 1.74. The Morgan fingerprint density at radius 3 is 2.41 bits per heavy atom. The Morgan fingerprint density at radius 2 is 1.71 bits per heavy atom. The number of rotatable bonds is 6. The first-order valence-corrected chi connectivity index (χ1v) is 11.2. The number of hydrogen-bond donors (Lipinski definition) is 3. The Hall–Kier alpha value is -4.20. The molecule has 0 amide bonds. The van der Waals surface area contributed by atoms with Gasteiger partial charge in [-0.25, -0.2) is 4.98 Å². The van der Waals surface area contributed by atoms with E-state index < -0.39 is 0 Å². The van der Waals surface area contributed by atoms with Crippen LogP contribution in [-0.2, 0) is 0 Å². The number of hydrogen-bond acceptors (Lipinski definition) is 7. The minimum Gasteiger partial charge on any atom is -0.398 e. The second-order valence-electron chi connectivity index (χ2n) is 8.51. The van der Waals surface area contributed by atoms with E-state index >= 15 is 0 Å². The van der Waals surface area contributed by atoms with Crippen molar-refractivity contribution in [3.8, 4) is 0 Å². The maximum Gasteiger partial charge on any atom is 0.171 e. The summed E-state index contributed by atoms with van der Waals surface area (Å²) in [4.78, 5) is 16.9. The van der Waals surface area contributed by atoms with E-state index in [0.717, 1.165) is 44.7 Å². The summed E-state index contributed by atoms with van der Waals surface area (Å²) in [5.41, 5.74) is 14.3. The van der Waals surface area contributed by atoms with Crippen molar-refractivity contribution in [2.75, 3.05) is 12.4 Å². The first-order valence-electron chi connectivity index (χ1n) is 11.2. The van der Waals surface area contributed by atoms with Gasteiger partial charge in [0, 0.05) is 28.7 Å². The van der Waals surface area contributed by atoms with E-state index in [-0.39, 0.29) is 0 Å². The monoisotopic (exact) mass is 453 g/mol. The first kappa shape index (κ1) is 23.0. The average Bonchev–Trinajstić information content (AvgIpc) is 2.81. The lowest BCUT2D eigenvalue weighted by Crippen LogP contribution is -2.63. The SMILES string of the molecule is C[NH+]=CC(=C(N)c1cc(C)nc(C)c1)c1cnc2ccc(Nc3cc(C(C)C)cnn3)nc2c1. The zero-order valence-corrected chi connectivity index (χ0v) is 20.1. The minimum absolute atomic E-state index is 0.361. The molecule has 0 aliphatic rings. The lowest BCUT2D eigenvalue weighted by molar-refractivity contribution is -0.412. The smallest absolute Gasteiger partial charge is 0.171 e. The van der Waals surface area contributed by atoms with E-state index in [0.29, 0.717) is 23.3 Å². The van der Waals surface area contributed by atoms with E-state index in [2.05, 4.69) is 44.3 Å². The molecular weight excluding hydrogens is 424 g/mol. The number of nitrogens with two attached hydrogens (primary N) is 1. The van der Waals surface area contributed by atoms with Gasteiger partial charge in [0.15, 0.2) is 12.0 Å². The van der Waals surface area contributed by atoms with Gasteiger partial charge in [-0.1, -0.05) is 13.8 Å². The van der Waals surface area contributed by atoms with E-state index in [9.17, 15) is 0 Å². The Labute approximate surface area is 199 Å². The molecule has 4 heterocycles. The van der Waals surface area contributed by atoms with Crippen LogP contribution >= 0.6 is 0 Å². The second-order valence-corrected chi connectivity index (χ2v) is 8.51. The molecule has 4 aromatic heterocycles. The van der Waals surface area contributed by atoms with Crippen molar-refractivity contribution in [1.82, 2.24) is 25.1 Å². The Kier molecular flexibility index (Phi) is 6.58. The van der Waals surface area contributed by atoms with Crippen LogP contribution in [-0.4, -0.2) is 38.4 Å². The van der Waals surface area contributed by atoms with Gasteiger partial charge in [-0.05, 0) is 61.7 Å². The van der Waals surface area contributed by atoms with Crippen molar-refractivity contribution in [2.45, 2.75) is 33.6 Å². The van der Waals surface area contributed by atoms with Gasteiger partial charge in [-0.15, -0.1) is 5.10 Å². The maximum atomic E-state index is 6.61. The first-order chi connectivity index (χ1) is 16.3. The summed E-state index contributed by atoms with van der Waals surface area (Å²) < 4.78 is 0. The fourth-order valence-electron chi connectivity index (χ4n) is 3.72. The van der Waals surface area contributed by atoms with Crippen molar-refractivity contribution in [2.24, 2.45) is 5.73 Å². The summed E-state index contributed by atoms with van der Waals surface area (Å²) in [6.45, 7) is 8.16. The van der Waals surface area contributed by atoms with Gasteiger partial charge in [0.2, 0.25) is 0 Å². The molecule has 0 aliphatic heterocycles. The van der Waals surface area contributed by atoms with E-state index in [1.165, 1.54) is 0 Å². The fourth-order valence-corrected chi connectivity index (χ4v) is 3.72. The lowest BCUT2D eigenvalue weighted by Gasteiger charge is -2.10. The zero-order chi connectivity index (χ0) is 24.2. The van der Waals surface area contributed by atoms with E-state index in [1.54, 1.807) is 6.20 Å². The van der Waals surface area contributed by atoms with Crippen LogP contribution in [0.5, 0.6) is 0 Å². The highest BCUT2D eigenvalue weighted by molar-refractivity contribution is 6.17. The normalized spacial score (nSPS) is 12.4. The Bertz CT molecular complexity index is 1390. The van der Waals surface area contributed by atoms with Crippen LogP contribution < -0.4 is 16.0 Å². The largest absolute Gasteiger partial charge is 0.398 e. The van der Waals surface area contributed by atoms with Crippen LogP contribution in [0.2, 0.25) is 0 Å². The number of nitrogens with zero attached hydrogens (tertiary/aromatic N) is 5. The highest BCUT2D eigenvalue weighted by atomic mass is 15.2. The molecule has 4 rings (SSSR count). The number of allylic oxidation sites excluding steroid dienone is 1. The summed E-state index contributed by atoms with van der Waals surface area (Å²) in [7, 11) is 1.84. The molecule has 0 saturated carbocycles. The molecule has 8 heteroatoms. The molecule has 0 unspecified atom stereocenters. The summed E-state index contributed by atoms with van der Waals surface area (Å²) >= 11 is 0. The van der Waals surface area contributed by atoms with Gasteiger partial charge in [0.1, 0.15) is 12.9 Å². The van der Waals surface area contributed by atoms with Crippen molar-refractivity contribution in [3.63, 3.8) is 0 Å². The molecule has 0 aromatic carbocycles. The summed E-state index contributed by atoms with van der Waals surface area (Å²) in [6.07, 6.45) is 5.46. The molecule has 0 spiro atoms. The third-order valence-electron chi connectivity index (χ3n) is 5.42. The van der Waals surface area contributed by atoms with Gasteiger partial charge in [-0.3, -0.25) is 15.0 Å². The molecule has 8 nitrogen and oxygen atoms in total.